The summed E-state index contributed by atoms with van der Waals surface area (Å²) in [5.74, 6) is 1.03. The summed E-state index contributed by atoms with van der Waals surface area (Å²) in [6, 6.07) is 16.5. The third-order valence-corrected chi connectivity index (χ3v) is 6.21. The number of amides is 1. The van der Waals surface area contributed by atoms with Crippen LogP contribution in [-0.4, -0.2) is 28.1 Å². The van der Waals surface area contributed by atoms with E-state index in [1.165, 1.54) is 11.3 Å². The minimum atomic E-state index is -1.16. The number of pyridine rings is 1. The van der Waals surface area contributed by atoms with Gasteiger partial charge in [-0.25, -0.2) is 4.98 Å². The lowest BCUT2D eigenvalue weighted by molar-refractivity contribution is -0.131. The second kappa shape index (κ2) is 9.77. The number of ether oxygens (including phenoxy) is 2. The lowest BCUT2D eigenvalue weighted by Gasteiger charge is -2.31. The van der Waals surface area contributed by atoms with Crippen molar-refractivity contribution in [2.24, 2.45) is 0 Å². The highest BCUT2D eigenvalue weighted by Crippen LogP contribution is 2.36. The fraction of sp³-hybridized carbons (Fsp3) is 0.240. The van der Waals surface area contributed by atoms with E-state index in [4.69, 9.17) is 26.1 Å². The van der Waals surface area contributed by atoms with Crippen LogP contribution in [0, 0.1) is 0 Å². The molecular weight excluding hydrogens is 458 g/mol. The molecule has 0 fully saturated rings. The van der Waals surface area contributed by atoms with Crippen LogP contribution in [0.2, 0.25) is 5.02 Å². The van der Waals surface area contributed by atoms with Crippen LogP contribution < -0.4 is 14.4 Å². The van der Waals surface area contributed by atoms with Crippen LogP contribution in [0.15, 0.2) is 67.0 Å². The first kappa shape index (κ1) is 23.0. The van der Waals surface area contributed by atoms with Crippen LogP contribution in [0.1, 0.15) is 26.3 Å². The quantitative estimate of drug-likeness (QED) is 0.302. The van der Waals surface area contributed by atoms with Crippen LogP contribution in [0.4, 0.5) is 5.13 Å². The second-order valence-corrected chi connectivity index (χ2v) is 9.30. The standard InChI is InChI=1S/C25H24ClN3O3S/c1-4-31-20-8-5-9-21-22(20)28-24(33-21)29(16-17-7-6-14-27-15-17)23(30)25(2,3)32-19-12-10-18(26)11-13-19/h5-15H,4,16H2,1-3H3. The van der Waals surface area contributed by atoms with Gasteiger partial charge in [0.15, 0.2) is 10.7 Å². The number of thiazole rings is 1. The van der Waals surface area contributed by atoms with Gasteiger partial charge in [-0.05, 0) is 68.8 Å². The summed E-state index contributed by atoms with van der Waals surface area (Å²) >= 11 is 7.42. The molecule has 0 saturated carbocycles. The Labute approximate surface area is 201 Å². The molecule has 0 spiro atoms. The van der Waals surface area contributed by atoms with Gasteiger partial charge in [-0.15, -0.1) is 0 Å². The molecular formula is C25H24ClN3O3S. The summed E-state index contributed by atoms with van der Waals surface area (Å²) < 4.78 is 12.8. The number of fused-ring (bicyclic) bond motifs is 1. The lowest BCUT2D eigenvalue weighted by Crippen LogP contribution is -2.48. The topological polar surface area (TPSA) is 64.5 Å². The fourth-order valence-corrected chi connectivity index (χ4v) is 4.47. The van der Waals surface area contributed by atoms with Gasteiger partial charge in [-0.2, -0.15) is 0 Å². The van der Waals surface area contributed by atoms with Gasteiger partial charge >= 0.3 is 0 Å². The molecule has 0 aliphatic rings. The molecule has 2 heterocycles. The van der Waals surface area contributed by atoms with Crippen molar-refractivity contribution in [3.8, 4) is 11.5 Å². The largest absolute Gasteiger partial charge is 0.492 e. The Morgan fingerprint density at radius 1 is 1.12 bits per heavy atom. The molecule has 2 aromatic carbocycles. The van der Waals surface area contributed by atoms with Crippen LogP contribution in [0.5, 0.6) is 11.5 Å². The third kappa shape index (κ3) is 5.26. The van der Waals surface area contributed by atoms with E-state index in [-0.39, 0.29) is 5.91 Å². The van der Waals surface area contributed by atoms with E-state index in [0.29, 0.717) is 34.8 Å². The molecule has 0 radical (unpaired) electrons. The number of halogens is 1. The van der Waals surface area contributed by atoms with Crippen molar-refractivity contribution in [1.29, 1.82) is 0 Å². The molecule has 170 valence electrons. The predicted molar refractivity (Wildman–Crippen MR) is 132 cm³/mol. The van der Waals surface area contributed by atoms with Crippen molar-refractivity contribution in [2.45, 2.75) is 32.9 Å². The molecule has 0 N–H and O–H groups in total. The van der Waals surface area contributed by atoms with Gasteiger partial charge in [0.2, 0.25) is 0 Å². The molecule has 4 aromatic rings. The minimum Gasteiger partial charge on any atom is -0.492 e. The van der Waals surface area contributed by atoms with E-state index < -0.39 is 5.60 Å². The molecule has 0 saturated heterocycles. The highest BCUT2D eigenvalue weighted by Gasteiger charge is 2.36. The van der Waals surface area contributed by atoms with E-state index >= 15 is 0 Å². The van der Waals surface area contributed by atoms with Crippen molar-refractivity contribution in [3.63, 3.8) is 0 Å². The Morgan fingerprint density at radius 2 is 1.91 bits per heavy atom. The molecule has 2 aromatic heterocycles. The molecule has 0 atom stereocenters. The van der Waals surface area contributed by atoms with Crippen LogP contribution >= 0.6 is 22.9 Å². The number of benzene rings is 2. The lowest BCUT2D eigenvalue weighted by atomic mass is 10.1. The maximum Gasteiger partial charge on any atom is 0.272 e. The number of hydrogen-bond acceptors (Lipinski definition) is 6. The van der Waals surface area contributed by atoms with E-state index in [2.05, 4.69) is 4.98 Å². The van der Waals surface area contributed by atoms with E-state index in [1.54, 1.807) is 55.4 Å². The number of hydrogen-bond donors (Lipinski definition) is 0. The summed E-state index contributed by atoms with van der Waals surface area (Å²) in [6.07, 6.45) is 3.45. The number of para-hydroxylation sites is 1. The van der Waals surface area contributed by atoms with Crippen molar-refractivity contribution in [3.05, 3.63) is 77.6 Å². The maximum absolute atomic E-state index is 13.8. The van der Waals surface area contributed by atoms with Gasteiger partial charge in [-0.3, -0.25) is 14.7 Å². The van der Waals surface area contributed by atoms with Gasteiger partial charge < -0.3 is 9.47 Å². The number of carbonyl (C=O) groups excluding carboxylic acids is 1. The Hall–Kier alpha value is -3.16. The van der Waals surface area contributed by atoms with E-state index in [1.807, 2.05) is 37.3 Å². The Morgan fingerprint density at radius 3 is 2.61 bits per heavy atom. The first-order chi connectivity index (χ1) is 15.9. The van der Waals surface area contributed by atoms with Crippen molar-refractivity contribution in [2.75, 3.05) is 11.5 Å². The predicted octanol–water partition coefficient (Wildman–Crippen LogP) is 6.13. The Bertz CT molecular complexity index is 1240. The van der Waals surface area contributed by atoms with Crippen LogP contribution in [0.3, 0.4) is 0 Å². The Balaban J connectivity index is 1.71. The molecule has 8 heteroatoms. The monoisotopic (exact) mass is 481 g/mol. The zero-order chi connectivity index (χ0) is 23.4. The average molecular weight is 482 g/mol. The smallest absolute Gasteiger partial charge is 0.272 e. The zero-order valence-corrected chi connectivity index (χ0v) is 20.2. The maximum atomic E-state index is 13.8. The van der Waals surface area contributed by atoms with Gasteiger partial charge in [0.25, 0.3) is 5.91 Å². The van der Waals surface area contributed by atoms with Crippen LogP contribution in [-0.2, 0) is 11.3 Å². The number of carbonyl (C=O) groups is 1. The molecule has 0 aliphatic heterocycles. The first-order valence-corrected chi connectivity index (χ1v) is 11.7. The highest BCUT2D eigenvalue weighted by molar-refractivity contribution is 7.22. The molecule has 0 bridgehead atoms. The van der Waals surface area contributed by atoms with Gasteiger partial charge in [0, 0.05) is 17.4 Å². The molecule has 0 aliphatic carbocycles. The van der Waals surface area contributed by atoms with Gasteiger partial charge in [0.05, 0.1) is 17.9 Å². The average Bonchev–Trinajstić information content (AvgIpc) is 3.24. The summed E-state index contributed by atoms with van der Waals surface area (Å²) in [6.45, 7) is 6.27. The minimum absolute atomic E-state index is 0.224. The van der Waals surface area contributed by atoms with Crippen molar-refractivity contribution < 1.29 is 14.3 Å². The van der Waals surface area contributed by atoms with Crippen molar-refractivity contribution in [1.82, 2.24) is 9.97 Å². The molecule has 33 heavy (non-hydrogen) atoms. The SMILES string of the molecule is CCOc1cccc2sc(N(Cc3cccnc3)C(=O)C(C)(C)Oc3ccc(Cl)cc3)nc12. The first-order valence-electron chi connectivity index (χ1n) is 10.5. The normalized spacial score (nSPS) is 11.4. The van der Waals surface area contributed by atoms with E-state index in [9.17, 15) is 4.79 Å². The number of nitrogens with zero attached hydrogens (tertiary/aromatic N) is 3. The van der Waals surface area contributed by atoms with E-state index in [0.717, 1.165) is 15.8 Å². The number of anilines is 1. The Kier molecular flexibility index (Phi) is 6.81. The summed E-state index contributed by atoms with van der Waals surface area (Å²) in [5, 5.41) is 1.17. The molecule has 6 nitrogen and oxygen atoms in total. The fourth-order valence-electron chi connectivity index (χ4n) is 3.37. The number of aromatic nitrogens is 2. The number of rotatable bonds is 8. The van der Waals surface area contributed by atoms with Crippen molar-refractivity contribution >= 4 is 44.2 Å². The highest BCUT2D eigenvalue weighted by atomic mass is 35.5. The molecule has 0 unspecified atom stereocenters. The summed E-state index contributed by atoms with van der Waals surface area (Å²) in [7, 11) is 0. The molecule has 1 amide bonds. The summed E-state index contributed by atoms with van der Waals surface area (Å²) in [4.78, 5) is 24.4. The van der Waals surface area contributed by atoms with Crippen LogP contribution in [0.25, 0.3) is 10.2 Å². The second-order valence-electron chi connectivity index (χ2n) is 7.85. The van der Waals surface area contributed by atoms with Gasteiger partial charge in [0.1, 0.15) is 17.0 Å². The third-order valence-electron chi connectivity index (χ3n) is 4.91. The molecule has 4 rings (SSSR count). The van der Waals surface area contributed by atoms with Gasteiger partial charge in [-0.1, -0.05) is 35.1 Å². The summed E-state index contributed by atoms with van der Waals surface area (Å²) in [5.41, 5.74) is 0.466. The zero-order valence-electron chi connectivity index (χ0n) is 18.6.